The zero-order valence-corrected chi connectivity index (χ0v) is 16.4. The molecule has 0 spiro atoms. The first-order valence-electron chi connectivity index (χ1n) is 9.66. The van der Waals surface area contributed by atoms with Gasteiger partial charge in [-0.15, -0.1) is 0 Å². The fourth-order valence-electron chi connectivity index (χ4n) is 3.23. The van der Waals surface area contributed by atoms with Gasteiger partial charge in [0.1, 0.15) is 5.69 Å². The molecule has 2 N–H and O–H groups in total. The van der Waals surface area contributed by atoms with Gasteiger partial charge in [0, 0.05) is 29.0 Å². The van der Waals surface area contributed by atoms with E-state index in [0.717, 1.165) is 23.1 Å². The highest BCUT2D eigenvalue weighted by molar-refractivity contribution is 6.10. The van der Waals surface area contributed by atoms with Crippen molar-refractivity contribution in [2.24, 2.45) is 0 Å². The summed E-state index contributed by atoms with van der Waals surface area (Å²) in [7, 11) is 0. The van der Waals surface area contributed by atoms with Crippen LogP contribution in [0.2, 0.25) is 0 Å². The van der Waals surface area contributed by atoms with Gasteiger partial charge in [-0.1, -0.05) is 43.3 Å². The number of nitrogens with one attached hydrogen (secondary N) is 2. The summed E-state index contributed by atoms with van der Waals surface area (Å²) in [6.45, 7) is 2.03. The Morgan fingerprint density at radius 1 is 0.800 bits per heavy atom. The van der Waals surface area contributed by atoms with Gasteiger partial charge in [-0.05, 0) is 42.3 Å². The number of rotatable bonds is 5. The number of nitrogens with zero attached hydrogens (tertiary/aromatic N) is 2. The van der Waals surface area contributed by atoms with E-state index < -0.39 is 5.91 Å². The molecular weight excluding hydrogens is 376 g/mol. The maximum absolute atomic E-state index is 12.8. The fraction of sp³-hybridized carbons (Fsp3) is 0.0833. The molecule has 0 bridgehead atoms. The summed E-state index contributed by atoms with van der Waals surface area (Å²) in [6.07, 6.45) is 3.94. The van der Waals surface area contributed by atoms with Gasteiger partial charge in [-0.25, -0.2) is 0 Å². The average molecular weight is 396 g/mol. The van der Waals surface area contributed by atoms with E-state index in [4.69, 9.17) is 0 Å². The Bertz CT molecular complexity index is 1230. The molecule has 0 radical (unpaired) electrons. The van der Waals surface area contributed by atoms with Crippen LogP contribution in [0.3, 0.4) is 0 Å². The van der Waals surface area contributed by atoms with Crippen molar-refractivity contribution in [1.29, 1.82) is 0 Å². The Balaban J connectivity index is 1.55. The predicted octanol–water partition coefficient (Wildman–Crippen LogP) is 4.70. The molecule has 2 heterocycles. The first-order chi connectivity index (χ1) is 14.7. The van der Waals surface area contributed by atoms with E-state index in [0.29, 0.717) is 16.8 Å². The number of aryl methyl sites for hydroxylation is 1. The molecule has 6 nitrogen and oxygen atoms in total. The zero-order valence-electron chi connectivity index (χ0n) is 16.4. The van der Waals surface area contributed by atoms with Crippen molar-refractivity contribution in [1.82, 2.24) is 9.97 Å². The van der Waals surface area contributed by atoms with Gasteiger partial charge >= 0.3 is 0 Å². The fourth-order valence-corrected chi connectivity index (χ4v) is 3.23. The number of hydrogen-bond donors (Lipinski definition) is 2. The van der Waals surface area contributed by atoms with Gasteiger partial charge in [-0.2, -0.15) is 0 Å². The maximum Gasteiger partial charge on any atom is 0.274 e. The monoisotopic (exact) mass is 396 g/mol. The lowest BCUT2D eigenvalue weighted by Crippen LogP contribution is -2.17. The largest absolute Gasteiger partial charge is 0.322 e. The van der Waals surface area contributed by atoms with Crippen LogP contribution >= 0.6 is 0 Å². The number of pyridine rings is 2. The smallest absolute Gasteiger partial charge is 0.274 e. The predicted molar refractivity (Wildman–Crippen MR) is 118 cm³/mol. The average Bonchev–Trinajstić information content (AvgIpc) is 2.79. The summed E-state index contributed by atoms with van der Waals surface area (Å²) >= 11 is 0. The van der Waals surface area contributed by atoms with Crippen LogP contribution in [-0.4, -0.2) is 21.8 Å². The van der Waals surface area contributed by atoms with Crippen molar-refractivity contribution < 1.29 is 9.59 Å². The van der Waals surface area contributed by atoms with Crippen LogP contribution in [0.4, 0.5) is 11.4 Å². The van der Waals surface area contributed by atoms with E-state index in [1.54, 1.807) is 18.3 Å². The van der Waals surface area contributed by atoms with Crippen molar-refractivity contribution in [3.05, 3.63) is 95.9 Å². The van der Waals surface area contributed by atoms with Crippen molar-refractivity contribution in [2.75, 3.05) is 10.6 Å². The molecule has 0 aliphatic heterocycles. The molecule has 2 amide bonds. The normalized spacial score (nSPS) is 10.6. The van der Waals surface area contributed by atoms with Gasteiger partial charge in [0.05, 0.1) is 11.2 Å². The molecule has 0 saturated carbocycles. The highest BCUT2D eigenvalue weighted by Crippen LogP contribution is 2.21. The number of hydrogen-bond acceptors (Lipinski definition) is 4. The third-order valence-corrected chi connectivity index (χ3v) is 4.78. The minimum atomic E-state index is -0.406. The second-order valence-corrected chi connectivity index (χ2v) is 6.73. The Hall–Kier alpha value is -4.06. The first kappa shape index (κ1) is 19.3. The summed E-state index contributed by atoms with van der Waals surface area (Å²) in [6, 6.07) is 20.0. The summed E-state index contributed by atoms with van der Waals surface area (Å²) in [5, 5.41) is 6.67. The van der Waals surface area contributed by atoms with Crippen LogP contribution in [0.15, 0.2) is 79.1 Å². The molecule has 0 atom stereocenters. The number of anilines is 2. The second kappa shape index (κ2) is 8.53. The van der Waals surface area contributed by atoms with E-state index in [-0.39, 0.29) is 11.6 Å². The van der Waals surface area contributed by atoms with Crippen molar-refractivity contribution in [3.8, 4) is 0 Å². The van der Waals surface area contributed by atoms with E-state index in [9.17, 15) is 9.59 Å². The van der Waals surface area contributed by atoms with Gasteiger partial charge in [0.25, 0.3) is 11.8 Å². The number of fused-ring (bicyclic) bond motifs is 1. The Morgan fingerprint density at radius 2 is 1.57 bits per heavy atom. The third kappa shape index (κ3) is 4.03. The topological polar surface area (TPSA) is 84.0 Å². The molecule has 6 heteroatoms. The number of amides is 2. The van der Waals surface area contributed by atoms with Crippen LogP contribution in [0.5, 0.6) is 0 Å². The summed E-state index contributed by atoms with van der Waals surface area (Å²) in [5.74, 6) is -0.698. The van der Waals surface area contributed by atoms with Gasteiger partial charge in [0.2, 0.25) is 0 Å². The van der Waals surface area contributed by atoms with Crippen LogP contribution in [0.25, 0.3) is 10.9 Å². The molecule has 0 aliphatic rings. The molecule has 0 unspecified atom stereocenters. The third-order valence-electron chi connectivity index (χ3n) is 4.78. The van der Waals surface area contributed by atoms with E-state index in [1.807, 2.05) is 55.5 Å². The lowest BCUT2D eigenvalue weighted by molar-refractivity contribution is 0.102. The first-order valence-corrected chi connectivity index (χ1v) is 9.66. The van der Waals surface area contributed by atoms with E-state index in [2.05, 4.69) is 20.6 Å². The molecule has 4 aromatic rings. The summed E-state index contributed by atoms with van der Waals surface area (Å²) < 4.78 is 0. The molecular formula is C24H20N4O2. The number of aromatic nitrogens is 2. The standard InChI is InChI=1S/C24H20N4O2/c1-2-16-7-3-4-10-19(16)27-23(29)18-12-14-25-21(15-18)24(30)28-20-11-5-8-17-9-6-13-26-22(17)20/h3-15H,2H2,1H3,(H,27,29)(H,28,30). The quantitative estimate of drug-likeness (QED) is 0.512. The van der Waals surface area contributed by atoms with Crippen LogP contribution < -0.4 is 10.6 Å². The highest BCUT2D eigenvalue weighted by atomic mass is 16.2. The van der Waals surface area contributed by atoms with Gasteiger partial charge in [0.15, 0.2) is 0 Å². The zero-order chi connectivity index (χ0) is 20.9. The minimum Gasteiger partial charge on any atom is -0.322 e. The second-order valence-electron chi connectivity index (χ2n) is 6.73. The number of para-hydroxylation sites is 2. The minimum absolute atomic E-state index is 0.152. The molecule has 148 valence electrons. The number of benzene rings is 2. The highest BCUT2D eigenvalue weighted by Gasteiger charge is 2.14. The molecule has 2 aromatic carbocycles. The molecule has 30 heavy (non-hydrogen) atoms. The molecule has 4 rings (SSSR count). The summed E-state index contributed by atoms with van der Waals surface area (Å²) in [4.78, 5) is 33.9. The lowest BCUT2D eigenvalue weighted by atomic mass is 10.1. The van der Waals surface area contributed by atoms with Gasteiger partial charge in [-0.3, -0.25) is 19.6 Å². The van der Waals surface area contributed by atoms with E-state index in [1.165, 1.54) is 12.3 Å². The molecule has 0 fully saturated rings. The van der Waals surface area contributed by atoms with Crippen molar-refractivity contribution in [2.45, 2.75) is 13.3 Å². The Labute approximate surface area is 174 Å². The van der Waals surface area contributed by atoms with Crippen molar-refractivity contribution >= 4 is 34.1 Å². The number of carbonyl (C=O) groups excluding carboxylic acids is 2. The van der Waals surface area contributed by atoms with Gasteiger partial charge < -0.3 is 10.6 Å². The van der Waals surface area contributed by atoms with E-state index >= 15 is 0 Å². The molecule has 0 aliphatic carbocycles. The molecule has 2 aromatic heterocycles. The maximum atomic E-state index is 12.8. The van der Waals surface area contributed by atoms with Crippen LogP contribution in [0, 0.1) is 0 Å². The van der Waals surface area contributed by atoms with Crippen LogP contribution in [-0.2, 0) is 6.42 Å². The van der Waals surface area contributed by atoms with Crippen LogP contribution in [0.1, 0.15) is 33.3 Å². The van der Waals surface area contributed by atoms with Crippen molar-refractivity contribution in [3.63, 3.8) is 0 Å². The Morgan fingerprint density at radius 3 is 2.43 bits per heavy atom. The molecule has 0 saturated heterocycles. The summed E-state index contributed by atoms with van der Waals surface area (Å²) in [5.41, 5.74) is 3.59. The Kier molecular flexibility index (Phi) is 5.48. The lowest BCUT2D eigenvalue weighted by Gasteiger charge is -2.11. The SMILES string of the molecule is CCc1ccccc1NC(=O)c1ccnc(C(=O)Nc2cccc3cccnc23)c1. The number of carbonyl (C=O) groups is 2.